The predicted molar refractivity (Wildman–Crippen MR) is 131 cm³/mol. The molecule has 0 unspecified atom stereocenters. The molecule has 0 saturated heterocycles. The number of aromatic hydroxyl groups is 2. The van der Waals surface area contributed by atoms with Crippen molar-refractivity contribution in [3.05, 3.63) is 95.6 Å². The number of carbonyl (C=O) groups is 2. The lowest BCUT2D eigenvalue weighted by molar-refractivity contribution is 0.0734. The number of nitrogens with one attached hydrogen (secondary N) is 1. The van der Waals surface area contributed by atoms with Gasteiger partial charge in [-0.05, 0) is 60.2 Å². The third-order valence-corrected chi connectivity index (χ3v) is 5.12. The van der Waals surface area contributed by atoms with E-state index in [1.54, 1.807) is 30.3 Å². The Hall–Kier alpha value is -4.85. The molecule has 4 aromatic carbocycles. The summed E-state index contributed by atoms with van der Waals surface area (Å²) in [6.45, 7) is 2.40. The van der Waals surface area contributed by atoms with E-state index in [4.69, 9.17) is 9.47 Å². The van der Waals surface area contributed by atoms with Crippen LogP contribution in [0.25, 0.3) is 10.8 Å². The van der Waals surface area contributed by atoms with Crippen LogP contribution in [0.4, 0.5) is 0 Å². The number of hydrogen-bond donors (Lipinski definition) is 3. The maximum absolute atomic E-state index is 12.8. The van der Waals surface area contributed by atoms with Crippen molar-refractivity contribution in [2.24, 2.45) is 5.10 Å². The van der Waals surface area contributed by atoms with Crippen LogP contribution in [-0.2, 0) is 0 Å². The minimum Gasteiger partial charge on any atom is -0.508 e. The summed E-state index contributed by atoms with van der Waals surface area (Å²) in [5.74, 6) is -0.876. The summed E-state index contributed by atoms with van der Waals surface area (Å²) < 4.78 is 11.1. The van der Waals surface area contributed by atoms with Crippen LogP contribution in [0.1, 0.15) is 33.2 Å². The summed E-state index contributed by atoms with van der Waals surface area (Å²) in [6.07, 6.45) is 1.37. The van der Waals surface area contributed by atoms with E-state index in [0.717, 1.165) is 16.8 Å². The predicted octanol–water partition coefficient (Wildman–Crippen LogP) is 4.63. The van der Waals surface area contributed by atoms with Crippen molar-refractivity contribution >= 4 is 28.9 Å². The SMILES string of the molecule is CCOc1ccc(C(=O)Oc2ccc3ccccc3c2/C=N/NC(=O)c2ccc(O)cc2O)cc1. The quantitative estimate of drug-likeness (QED) is 0.157. The molecule has 3 N–H and O–H groups in total. The number of amides is 1. The molecule has 35 heavy (non-hydrogen) atoms. The minimum absolute atomic E-state index is 0.0555. The molecule has 0 saturated carbocycles. The second kappa shape index (κ2) is 10.4. The van der Waals surface area contributed by atoms with Crippen LogP contribution in [-0.4, -0.2) is 34.9 Å². The lowest BCUT2D eigenvalue weighted by Gasteiger charge is -2.11. The first-order valence-electron chi connectivity index (χ1n) is 10.8. The smallest absolute Gasteiger partial charge is 0.343 e. The van der Waals surface area contributed by atoms with Gasteiger partial charge >= 0.3 is 5.97 Å². The highest BCUT2D eigenvalue weighted by Crippen LogP contribution is 2.28. The average molecular weight is 470 g/mol. The number of esters is 1. The lowest BCUT2D eigenvalue weighted by atomic mass is 10.0. The molecule has 176 valence electrons. The van der Waals surface area contributed by atoms with Crippen LogP contribution in [0.15, 0.2) is 84.0 Å². The van der Waals surface area contributed by atoms with Crippen molar-refractivity contribution in [1.29, 1.82) is 0 Å². The second-order valence-electron chi connectivity index (χ2n) is 7.45. The topological polar surface area (TPSA) is 117 Å². The van der Waals surface area contributed by atoms with E-state index in [1.807, 2.05) is 37.3 Å². The van der Waals surface area contributed by atoms with Crippen LogP contribution >= 0.6 is 0 Å². The van der Waals surface area contributed by atoms with Crippen LogP contribution in [0.3, 0.4) is 0 Å². The standard InChI is InChI=1S/C27H22N2O6/c1-2-34-20-11-7-18(8-12-20)27(33)35-25-14-9-17-5-3-4-6-21(17)23(25)16-28-29-26(32)22-13-10-19(30)15-24(22)31/h3-16,30-31H,2H2,1H3,(H,29,32)/b28-16+. The van der Waals surface area contributed by atoms with Gasteiger partial charge in [0.25, 0.3) is 5.91 Å². The molecule has 8 heteroatoms. The number of hydrazone groups is 1. The third-order valence-electron chi connectivity index (χ3n) is 5.12. The highest BCUT2D eigenvalue weighted by molar-refractivity contribution is 6.04. The van der Waals surface area contributed by atoms with Crippen molar-refractivity contribution in [2.75, 3.05) is 6.61 Å². The second-order valence-corrected chi connectivity index (χ2v) is 7.45. The highest BCUT2D eigenvalue weighted by atomic mass is 16.5. The van der Waals surface area contributed by atoms with E-state index in [0.29, 0.717) is 23.5 Å². The third kappa shape index (κ3) is 5.39. The molecule has 0 heterocycles. The van der Waals surface area contributed by atoms with Crippen molar-refractivity contribution in [3.63, 3.8) is 0 Å². The number of ether oxygens (including phenoxy) is 2. The van der Waals surface area contributed by atoms with E-state index in [9.17, 15) is 19.8 Å². The Labute approximate surface area is 201 Å². The van der Waals surface area contributed by atoms with E-state index < -0.39 is 11.9 Å². The molecule has 0 aliphatic rings. The van der Waals surface area contributed by atoms with Gasteiger partial charge in [-0.3, -0.25) is 4.79 Å². The fourth-order valence-corrected chi connectivity index (χ4v) is 3.44. The summed E-state index contributed by atoms with van der Waals surface area (Å²) in [4.78, 5) is 25.2. The molecule has 0 aromatic heterocycles. The van der Waals surface area contributed by atoms with Crippen molar-refractivity contribution < 1.29 is 29.3 Å². The van der Waals surface area contributed by atoms with Gasteiger partial charge in [-0.15, -0.1) is 0 Å². The molecule has 4 rings (SSSR count). The van der Waals surface area contributed by atoms with E-state index in [1.165, 1.54) is 18.3 Å². The maximum atomic E-state index is 12.8. The van der Waals surface area contributed by atoms with Gasteiger partial charge in [0.2, 0.25) is 0 Å². The molecule has 0 aliphatic carbocycles. The van der Waals surface area contributed by atoms with Crippen LogP contribution in [0.5, 0.6) is 23.0 Å². The first kappa shape index (κ1) is 23.3. The Morgan fingerprint density at radius 2 is 1.74 bits per heavy atom. The Kier molecular flexibility index (Phi) is 6.92. The van der Waals surface area contributed by atoms with E-state index >= 15 is 0 Å². The number of rotatable bonds is 7. The van der Waals surface area contributed by atoms with Gasteiger partial charge in [0.15, 0.2) is 0 Å². The van der Waals surface area contributed by atoms with Gasteiger partial charge in [0.05, 0.1) is 23.9 Å². The molecule has 8 nitrogen and oxygen atoms in total. The molecule has 0 atom stereocenters. The van der Waals surface area contributed by atoms with Crippen LogP contribution < -0.4 is 14.9 Å². The molecular formula is C27H22N2O6. The number of nitrogens with zero attached hydrogens (tertiary/aromatic N) is 1. The number of phenolic OH excluding ortho intramolecular Hbond substituents is 2. The first-order valence-corrected chi connectivity index (χ1v) is 10.8. The number of phenols is 2. The zero-order chi connectivity index (χ0) is 24.8. The molecule has 4 aromatic rings. The monoisotopic (exact) mass is 470 g/mol. The number of fused-ring (bicyclic) bond motifs is 1. The summed E-state index contributed by atoms with van der Waals surface area (Å²) in [6, 6.07) is 21.2. The fraction of sp³-hybridized carbons (Fsp3) is 0.0741. The Bertz CT molecular complexity index is 1410. The van der Waals surface area contributed by atoms with Gasteiger partial charge in [0, 0.05) is 11.6 Å². The van der Waals surface area contributed by atoms with Gasteiger partial charge in [-0.25, -0.2) is 10.2 Å². The Balaban J connectivity index is 1.60. The molecule has 0 radical (unpaired) electrons. The van der Waals surface area contributed by atoms with E-state index in [2.05, 4.69) is 10.5 Å². The summed E-state index contributed by atoms with van der Waals surface area (Å²) in [7, 11) is 0. The average Bonchev–Trinajstić information content (AvgIpc) is 2.85. The van der Waals surface area contributed by atoms with Crippen LogP contribution in [0, 0.1) is 0 Å². The molecule has 0 fully saturated rings. The lowest BCUT2D eigenvalue weighted by Crippen LogP contribution is -2.18. The summed E-state index contributed by atoms with van der Waals surface area (Å²) in [5, 5.41) is 24.9. The Morgan fingerprint density at radius 1 is 0.971 bits per heavy atom. The maximum Gasteiger partial charge on any atom is 0.343 e. The number of hydrogen-bond acceptors (Lipinski definition) is 7. The minimum atomic E-state index is -0.674. The van der Waals surface area contributed by atoms with Gasteiger partial charge in [0.1, 0.15) is 23.0 Å². The van der Waals surface area contributed by atoms with Gasteiger partial charge < -0.3 is 19.7 Å². The molecular weight excluding hydrogens is 448 g/mol. The first-order chi connectivity index (χ1) is 17.0. The Morgan fingerprint density at radius 3 is 2.49 bits per heavy atom. The summed E-state index contributed by atoms with van der Waals surface area (Å²) >= 11 is 0. The van der Waals surface area contributed by atoms with E-state index in [-0.39, 0.29) is 22.8 Å². The van der Waals surface area contributed by atoms with Crippen LogP contribution in [0.2, 0.25) is 0 Å². The van der Waals surface area contributed by atoms with Crippen molar-refractivity contribution in [3.8, 4) is 23.0 Å². The van der Waals surface area contributed by atoms with Crippen molar-refractivity contribution in [1.82, 2.24) is 5.43 Å². The normalized spacial score (nSPS) is 10.9. The molecule has 0 bridgehead atoms. The zero-order valence-corrected chi connectivity index (χ0v) is 18.8. The number of benzene rings is 4. The zero-order valence-electron chi connectivity index (χ0n) is 18.8. The van der Waals surface area contributed by atoms with Gasteiger partial charge in [-0.2, -0.15) is 5.10 Å². The molecule has 0 spiro atoms. The molecule has 1 amide bonds. The molecule has 0 aliphatic heterocycles. The highest BCUT2D eigenvalue weighted by Gasteiger charge is 2.15. The summed E-state index contributed by atoms with van der Waals surface area (Å²) in [5.41, 5.74) is 3.11. The fourth-order valence-electron chi connectivity index (χ4n) is 3.44. The van der Waals surface area contributed by atoms with Gasteiger partial charge in [-0.1, -0.05) is 30.3 Å². The van der Waals surface area contributed by atoms with Crippen molar-refractivity contribution in [2.45, 2.75) is 6.92 Å². The largest absolute Gasteiger partial charge is 0.508 e. The number of carbonyl (C=O) groups excluding carboxylic acids is 2.